The summed E-state index contributed by atoms with van der Waals surface area (Å²) >= 11 is 0. The van der Waals surface area contributed by atoms with E-state index in [-0.39, 0.29) is 10.6 Å². The van der Waals surface area contributed by atoms with Gasteiger partial charge in [0.15, 0.2) is 0 Å². The Morgan fingerprint density at radius 1 is 1.41 bits per heavy atom. The second-order valence-corrected chi connectivity index (χ2v) is 5.91. The zero-order valence-corrected chi connectivity index (χ0v) is 10.8. The van der Waals surface area contributed by atoms with Gasteiger partial charge in [-0.05, 0) is 24.6 Å². The Morgan fingerprint density at radius 2 is 2.06 bits per heavy atom. The highest BCUT2D eigenvalue weighted by Gasteiger charge is 2.20. The van der Waals surface area contributed by atoms with E-state index in [4.69, 9.17) is 5.73 Å². The van der Waals surface area contributed by atoms with Gasteiger partial charge in [-0.3, -0.25) is 0 Å². The van der Waals surface area contributed by atoms with Crippen LogP contribution in [0.2, 0.25) is 0 Å². The fourth-order valence-corrected chi connectivity index (χ4v) is 2.61. The minimum atomic E-state index is -3.56. The Kier molecular flexibility index (Phi) is 4.47. The number of rotatable bonds is 5. The van der Waals surface area contributed by atoms with Crippen molar-refractivity contribution >= 4 is 15.7 Å². The Morgan fingerprint density at radius 3 is 2.59 bits per heavy atom. The third-order valence-corrected chi connectivity index (χ3v) is 4.36. The maximum Gasteiger partial charge on any atom is 0.242 e. The van der Waals surface area contributed by atoms with E-state index in [0.717, 1.165) is 25.0 Å². The molecule has 0 radical (unpaired) electrons. The molecule has 0 aliphatic rings. The van der Waals surface area contributed by atoms with Crippen LogP contribution in [0.15, 0.2) is 23.1 Å². The van der Waals surface area contributed by atoms with Gasteiger partial charge in [-0.25, -0.2) is 17.1 Å². The third-order valence-electron chi connectivity index (χ3n) is 2.50. The minimum absolute atomic E-state index is 0.0232. The molecule has 0 atom stereocenters. The first-order chi connectivity index (χ1) is 7.89. The van der Waals surface area contributed by atoms with E-state index < -0.39 is 15.8 Å². The Balaban J connectivity index is 3.00. The van der Waals surface area contributed by atoms with Crippen LogP contribution < -0.4 is 5.73 Å². The molecule has 0 spiro atoms. The Hall–Kier alpha value is -1.14. The predicted octanol–water partition coefficient (Wildman–Crippen LogP) is 1.83. The zero-order chi connectivity index (χ0) is 13.1. The lowest BCUT2D eigenvalue weighted by molar-refractivity contribution is 0.459. The molecule has 1 aromatic rings. The van der Waals surface area contributed by atoms with Crippen LogP contribution in [0.1, 0.15) is 19.8 Å². The van der Waals surface area contributed by atoms with Crippen LogP contribution in [0.5, 0.6) is 0 Å². The smallest absolute Gasteiger partial charge is 0.242 e. The SMILES string of the molecule is CCCCN(C)S(=O)(=O)c1ccc(F)c(N)c1. The van der Waals surface area contributed by atoms with Crippen molar-refractivity contribution in [3.05, 3.63) is 24.0 Å². The summed E-state index contributed by atoms with van der Waals surface area (Å²) in [7, 11) is -2.06. The number of anilines is 1. The van der Waals surface area contributed by atoms with E-state index in [1.54, 1.807) is 0 Å². The van der Waals surface area contributed by atoms with E-state index >= 15 is 0 Å². The normalized spacial score (nSPS) is 12.0. The topological polar surface area (TPSA) is 63.4 Å². The maximum atomic E-state index is 13.0. The molecular formula is C11H17FN2O2S. The van der Waals surface area contributed by atoms with Gasteiger partial charge in [0.1, 0.15) is 5.82 Å². The standard InChI is InChI=1S/C11H17FN2O2S/c1-3-4-7-14(2)17(15,16)9-5-6-10(12)11(13)8-9/h5-6,8H,3-4,7,13H2,1-2H3. The molecule has 17 heavy (non-hydrogen) atoms. The van der Waals surface area contributed by atoms with Crippen molar-refractivity contribution < 1.29 is 12.8 Å². The molecule has 0 amide bonds. The van der Waals surface area contributed by atoms with Crippen molar-refractivity contribution in [1.82, 2.24) is 4.31 Å². The van der Waals surface area contributed by atoms with E-state index in [9.17, 15) is 12.8 Å². The number of hydrogen-bond acceptors (Lipinski definition) is 3. The molecule has 0 saturated carbocycles. The highest BCUT2D eigenvalue weighted by Crippen LogP contribution is 2.19. The van der Waals surface area contributed by atoms with Gasteiger partial charge < -0.3 is 5.73 Å². The van der Waals surface area contributed by atoms with E-state index in [1.807, 2.05) is 6.92 Å². The van der Waals surface area contributed by atoms with Crippen molar-refractivity contribution in [3.8, 4) is 0 Å². The number of sulfonamides is 1. The quantitative estimate of drug-likeness (QED) is 0.821. The number of nitrogens with two attached hydrogens (primary N) is 1. The largest absolute Gasteiger partial charge is 0.396 e. The Bertz CT molecular complexity index is 488. The second kappa shape index (κ2) is 5.46. The lowest BCUT2D eigenvalue weighted by atomic mass is 10.3. The van der Waals surface area contributed by atoms with Crippen LogP contribution in [0.4, 0.5) is 10.1 Å². The summed E-state index contributed by atoms with van der Waals surface area (Å²) in [5, 5.41) is 0. The highest BCUT2D eigenvalue weighted by atomic mass is 32.2. The third kappa shape index (κ3) is 3.17. The number of nitrogens with zero attached hydrogens (tertiary/aromatic N) is 1. The summed E-state index contributed by atoms with van der Waals surface area (Å²) in [6.45, 7) is 2.42. The van der Waals surface area contributed by atoms with Crippen molar-refractivity contribution in [2.75, 3.05) is 19.3 Å². The summed E-state index contributed by atoms with van der Waals surface area (Å²) in [5.41, 5.74) is 5.20. The van der Waals surface area contributed by atoms with Crippen molar-refractivity contribution in [3.63, 3.8) is 0 Å². The lowest BCUT2D eigenvalue weighted by Crippen LogP contribution is -2.28. The van der Waals surface area contributed by atoms with Crippen LogP contribution in [0.25, 0.3) is 0 Å². The van der Waals surface area contributed by atoms with Gasteiger partial charge in [-0.15, -0.1) is 0 Å². The monoisotopic (exact) mass is 260 g/mol. The number of benzene rings is 1. The van der Waals surface area contributed by atoms with Gasteiger partial charge in [0.05, 0.1) is 10.6 Å². The Labute approximate surface area is 101 Å². The van der Waals surface area contributed by atoms with E-state index in [0.29, 0.717) is 6.54 Å². The van der Waals surface area contributed by atoms with Crippen LogP contribution in [-0.2, 0) is 10.0 Å². The molecule has 0 aliphatic carbocycles. The molecule has 0 unspecified atom stereocenters. The maximum absolute atomic E-state index is 13.0. The molecule has 0 bridgehead atoms. The predicted molar refractivity (Wildman–Crippen MR) is 65.5 cm³/mol. The highest BCUT2D eigenvalue weighted by molar-refractivity contribution is 7.89. The van der Waals surface area contributed by atoms with Gasteiger partial charge >= 0.3 is 0 Å². The minimum Gasteiger partial charge on any atom is -0.396 e. The van der Waals surface area contributed by atoms with Crippen molar-refractivity contribution in [2.45, 2.75) is 24.7 Å². The van der Waals surface area contributed by atoms with Crippen LogP contribution >= 0.6 is 0 Å². The molecule has 0 saturated heterocycles. The summed E-state index contributed by atoms with van der Waals surface area (Å²) in [6, 6.07) is 3.44. The van der Waals surface area contributed by atoms with Gasteiger partial charge in [0.25, 0.3) is 0 Å². The van der Waals surface area contributed by atoms with Gasteiger partial charge in [0.2, 0.25) is 10.0 Å². The lowest BCUT2D eigenvalue weighted by Gasteiger charge is -2.17. The summed E-state index contributed by atoms with van der Waals surface area (Å²) in [5.74, 6) is -0.611. The van der Waals surface area contributed by atoms with E-state index in [2.05, 4.69) is 0 Å². The molecular weight excluding hydrogens is 243 g/mol. The van der Waals surface area contributed by atoms with Crippen LogP contribution in [-0.4, -0.2) is 26.3 Å². The number of unbranched alkanes of at least 4 members (excludes halogenated alkanes) is 1. The first kappa shape index (κ1) is 13.9. The number of halogens is 1. The van der Waals surface area contributed by atoms with Gasteiger partial charge in [-0.2, -0.15) is 0 Å². The number of nitrogen functional groups attached to an aromatic ring is 1. The first-order valence-corrected chi connectivity index (χ1v) is 6.85. The van der Waals surface area contributed by atoms with Crippen LogP contribution in [0, 0.1) is 5.82 Å². The molecule has 4 nitrogen and oxygen atoms in total. The van der Waals surface area contributed by atoms with Crippen molar-refractivity contribution in [1.29, 1.82) is 0 Å². The van der Waals surface area contributed by atoms with Crippen LogP contribution in [0.3, 0.4) is 0 Å². The molecule has 0 heterocycles. The first-order valence-electron chi connectivity index (χ1n) is 5.41. The summed E-state index contributed by atoms with van der Waals surface area (Å²) in [4.78, 5) is 0.0232. The zero-order valence-electron chi connectivity index (χ0n) is 9.98. The number of hydrogen-bond donors (Lipinski definition) is 1. The van der Waals surface area contributed by atoms with E-state index in [1.165, 1.54) is 17.4 Å². The fraction of sp³-hybridized carbons (Fsp3) is 0.455. The fourth-order valence-electron chi connectivity index (χ4n) is 1.36. The molecule has 1 aromatic carbocycles. The molecule has 0 aromatic heterocycles. The van der Waals surface area contributed by atoms with Gasteiger partial charge in [-0.1, -0.05) is 13.3 Å². The summed E-state index contributed by atoms with van der Waals surface area (Å²) < 4.78 is 38.3. The molecule has 6 heteroatoms. The second-order valence-electron chi connectivity index (χ2n) is 3.86. The molecule has 0 fully saturated rings. The van der Waals surface area contributed by atoms with Crippen molar-refractivity contribution in [2.24, 2.45) is 0 Å². The van der Waals surface area contributed by atoms with Gasteiger partial charge in [0, 0.05) is 13.6 Å². The average molecular weight is 260 g/mol. The molecule has 96 valence electrons. The molecule has 1 rings (SSSR count). The average Bonchev–Trinajstić information content (AvgIpc) is 2.29. The molecule has 0 aliphatic heterocycles. The summed E-state index contributed by atoms with van der Waals surface area (Å²) in [6.07, 6.45) is 1.69. The molecule has 2 N–H and O–H groups in total.